The number of carboxylic acid groups (broad SMARTS) is 1. The molecule has 0 aliphatic carbocycles. The number of carbonyl (C=O) groups is 1. The molecule has 154 valence electrons. The Morgan fingerprint density at radius 3 is 2.48 bits per heavy atom. The summed E-state index contributed by atoms with van der Waals surface area (Å²) in [5.41, 5.74) is 0.471. The van der Waals surface area contributed by atoms with Crippen LogP contribution in [0.3, 0.4) is 0 Å². The molecule has 2 aliphatic heterocycles. The summed E-state index contributed by atoms with van der Waals surface area (Å²) in [5, 5.41) is 9.16. The van der Waals surface area contributed by atoms with Crippen molar-refractivity contribution >= 4 is 22.8 Å². The van der Waals surface area contributed by atoms with E-state index in [9.17, 15) is 18.0 Å². The van der Waals surface area contributed by atoms with E-state index >= 15 is 0 Å². The van der Waals surface area contributed by atoms with Gasteiger partial charge in [-0.05, 0) is 47.0 Å². The van der Waals surface area contributed by atoms with Crippen molar-refractivity contribution in [2.45, 2.75) is 23.6 Å². The van der Waals surface area contributed by atoms with Crippen molar-refractivity contribution in [3.05, 3.63) is 65.2 Å². The SMILES string of the molecule is O=C(O)C1=Cc2cc(S3(NCCc4ccccc4)OO3)ccc2OC1C(F)(F)F. The average Bonchev–Trinajstić information content (AvgIpc) is 3.47. The summed E-state index contributed by atoms with van der Waals surface area (Å²) < 4.78 is 57.9. The highest BCUT2D eigenvalue weighted by molar-refractivity contribution is 8.27. The van der Waals surface area contributed by atoms with Crippen molar-refractivity contribution in [1.82, 2.24) is 4.72 Å². The monoisotopic (exact) mass is 427 g/mol. The molecule has 0 bridgehead atoms. The lowest BCUT2D eigenvalue weighted by Crippen LogP contribution is -2.40. The Morgan fingerprint density at radius 1 is 1.14 bits per heavy atom. The molecule has 2 heterocycles. The normalized spacial score (nSPS) is 20.8. The summed E-state index contributed by atoms with van der Waals surface area (Å²) in [5.74, 6) is -1.74. The van der Waals surface area contributed by atoms with Gasteiger partial charge >= 0.3 is 12.1 Å². The Bertz CT molecular complexity index is 960. The molecule has 2 aromatic carbocycles. The average molecular weight is 427 g/mol. The highest BCUT2D eigenvalue weighted by atomic mass is 32.3. The van der Waals surface area contributed by atoms with Gasteiger partial charge in [0.2, 0.25) is 6.10 Å². The van der Waals surface area contributed by atoms with Crippen LogP contribution in [0.15, 0.2) is 59.0 Å². The molecule has 0 amide bonds. The van der Waals surface area contributed by atoms with E-state index in [-0.39, 0.29) is 11.3 Å². The van der Waals surface area contributed by atoms with Gasteiger partial charge in [-0.25, -0.2) is 9.52 Å². The third-order valence-corrected chi connectivity index (χ3v) is 6.29. The molecule has 1 fully saturated rings. The number of ether oxygens (including phenoxy) is 1. The summed E-state index contributed by atoms with van der Waals surface area (Å²) >= 11 is 0. The molecule has 0 spiro atoms. The van der Waals surface area contributed by atoms with Crippen LogP contribution >= 0.6 is 10.8 Å². The maximum atomic E-state index is 13.1. The fourth-order valence-electron chi connectivity index (χ4n) is 2.98. The smallest absolute Gasteiger partial charge is 0.430 e. The van der Waals surface area contributed by atoms with Crippen LogP contribution in [0, 0.1) is 0 Å². The zero-order valence-corrected chi connectivity index (χ0v) is 15.6. The van der Waals surface area contributed by atoms with Gasteiger partial charge in [0, 0.05) is 12.1 Å². The number of halogens is 3. The number of nitrogens with one attached hydrogen (secondary N) is 1. The minimum absolute atomic E-state index is 0.0550. The fourth-order valence-corrected chi connectivity index (χ4v) is 4.52. The van der Waals surface area contributed by atoms with Crippen LogP contribution in [0.5, 0.6) is 5.75 Å². The van der Waals surface area contributed by atoms with Crippen LogP contribution in [-0.4, -0.2) is 29.9 Å². The minimum Gasteiger partial charge on any atom is -0.478 e. The van der Waals surface area contributed by atoms with E-state index in [4.69, 9.17) is 18.5 Å². The molecule has 0 saturated carbocycles. The summed E-state index contributed by atoms with van der Waals surface area (Å²) in [6, 6.07) is 14.2. The topological polar surface area (TPSA) is 83.6 Å². The van der Waals surface area contributed by atoms with Gasteiger partial charge in [-0.2, -0.15) is 13.2 Å². The van der Waals surface area contributed by atoms with Crippen LogP contribution in [0.1, 0.15) is 11.1 Å². The molecule has 0 radical (unpaired) electrons. The molecule has 0 aromatic heterocycles. The van der Waals surface area contributed by atoms with Crippen LogP contribution < -0.4 is 9.46 Å². The number of hydrogen-bond acceptors (Lipinski definition) is 5. The largest absolute Gasteiger partial charge is 0.478 e. The van der Waals surface area contributed by atoms with Gasteiger partial charge in [0.25, 0.3) is 0 Å². The number of benzene rings is 2. The van der Waals surface area contributed by atoms with Crippen LogP contribution in [-0.2, 0) is 19.9 Å². The quantitative estimate of drug-likeness (QED) is 0.532. The lowest BCUT2D eigenvalue weighted by atomic mass is 10.0. The number of fused-ring (bicyclic) bond motifs is 1. The van der Waals surface area contributed by atoms with Crippen molar-refractivity contribution in [3.8, 4) is 5.75 Å². The summed E-state index contributed by atoms with van der Waals surface area (Å²) in [6.45, 7) is 0.555. The van der Waals surface area contributed by atoms with Crippen molar-refractivity contribution in [2.24, 2.45) is 0 Å². The number of alkyl halides is 3. The van der Waals surface area contributed by atoms with Gasteiger partial charge in [-0.15, -0.1) is 0 Å². The van der Waals surface area contributed by atoms with Gasteiger partial charge in [0.15, 0.2) is 0 Å². The fraction of sp³-hybridized carbons (Fsp3) is 0.211. The third kappa shape index (κ3) is 4.10. The first-order valence-electron chi connectivity index (χ1n) is 8.60. The second-order valence-electron chi connectivity index (χ2n) is 6.41. The molecule has 2 aromatic rings. The van der Waals surface area contributed by atoms with Gasteiger partial charge < -0.3 is 9.84 Å². The maximum absolute atomic E-state index is 13.1. The van der Waals surface area contributed by atoms with E-state index in [1.54, 1.807) is 6.07 Å². The Labute approximate surface area is 165 Å². The zero-order valence-electron chi connectivity index (χ0n) is 14.8. The Morgan fingerprint density at radius 2 is 1.86 bits per heavy atom. The lowest BCUT2D eigenvalue weighted by molar-refractivity contribution is -0.187. The molecule has 2 N–H and O–H groups in total. The Kier molecular flexibility index (Phi) is 5.03. The summed E-state index contributed by atoms with van der Waals surface area (Å²) in [7, 11) is -2.20. The van der Waals surface area contributed by atoms with Crippen LogP contribution in [0.2, 0.25) is 0 Å². The molecular formula is C19H16F3NO5S. The van der Waals surface area contributed by atoms with Gasteiger partial charge in [0.1, 0.15) is 5.75 Å². The summed E-state index contributed by atoms with van der Waals surface area (Å²) in [4.78, 5) is 11.9. The lowest BCUT2D eigenvalue weighted by Gasteiger charge is -2.27. The third-order valence-electron chi connectivity index (χ3n) is 4.43. The predicted octanol–water partition coefficient (Wildman–Crippen LogP) is 4.18. The van der Waals surface area contributed by atoms with Crippen LogP contribution in [0.4, 0.5) is 13.2 Å². The second-order valence-corrected chi connectivity index (χ2v) is 8.45. The molecule has 4 rings (SSSR count). The predicted molar refractivity (Wildman–Crippen MR) is 98.7 cm³/mol. The second kappa shape index (κ2) is 7.38. The number of rotatable bonds is 6. The molecule has 1 saturated heterocycles. The van der Waals surface area contributed by atoms with Gasteiger partial charge in [-0.3, -0.25) is 0 Å². The Balaban J connectivity index is 1.54. The number of hydrogen-bond donors (Lipinski definition) is 2. The number of carboxylic acids is 1. The van der Waals surface area contributed by atoms with Gasteiger partial charge in [0.05, 0.1) is 10.5 Å². The summed E-state index contributed by atoms with van der Waals surface area (Å²) in [6.07, 6.45) is -5.65. The standard InChI is InChI=1S/C19H16F3NO5S/c20-19(21,22)17-15(18(24)25)11-13-10-14(6-7-16(13)26-17)29(27-28-29)23-9-8-12-4-2-1-3-5-12/h1-7,10-11,17,23H,8-9H2,(H,24,25). The first-order chi connectivity index (χ1) is 13.8. The Hall–Kier alpha value is -2.53. The van der Waals surface area contributed by atoms with Gasteiger partial charge in [-0.1, -0.05) is 39.0 Å². The van der Waals surface area contributed by atoms with Crippen molar-refractivity contribution in [1.29, 1.82) is 0 Å². The molecule has 29 heavy (non-hydrogen) atoms. The van der Waals surface area contributed by atoms with Crippen molar-refractivity contribution in [3.63, 3.8) is 0 Å². The van der Waals surface area contributed by atoms with E-state index in [0.29, 0.717) is 11.4 Å². The van der Waals surface area contributed by atoms with E-state index in [0.717, 1.165) is 18.1 Å². The van der Waals surface area contributed by atoms with Crippen molar-refractivity contribution < 1.29 is 36.5 Å². The first-order valence-corrected chi connectivity index (χ1v) is 10.1. The molecule has 10 heteroatoms. The van der Waals surface area contributed by atoms with Crippen molar-refractivity contribution in [2.75, 3.05) is 6.54 Å². The van der Waals surface area contributed by atoms with E-state index in [2.05, 4.69) is 4.72 Å². The molecule has 2 aliphatic rings. The molecule has 1 atom stereocenters. The zero-order chi connectivity index (χ0) is 20.6. The van der Waals surface area contributed by atoms with Crippen LogP contribution in [0.25, 0.3) is 6.08 Å². The minimum atomic E-state index is -4.84. The highest BCUT2D eigenvalue weighted by Crippen LogP contribution is 2.68. The van der Waals surface area contributed by atoms with E-state index < -0.39 is 34.6 Å². The molecular weight excluding hydrogens is 411 g/mol. The van der Waals surface area contributed by atoms with E-state index in [1.807, 2.05) is 30.3 Å². The van der Waals surface area contributed by atoms with E-state index in [1.165, 1.54) is 12.1 Å². The first kappa shape index (κ1) is 19.8. The highest BCUT2D eigenvalue weighted by Gasteiger charge is 2.49. The number of aliphatic carboxylic acids is 1. The maximum Gasteiger partial charge on any atom is 0.430 e. The molecule has 1 unspecified atom stereocenters. The molecule has 6 nitrogen and oxygen atoms in total.